The summed E-state index contributed by atoms with van der Waals surface area (Å²) in [5.41, 5.74) is 0.822. The van der Waals surface area contributed by atoms with Gasteiger partial charge in [0, 0.05) is 37.6 Å². The van der Waals surface area contributed by atoms with Gasteiger partial charge in [-0.3, -0.25) is 0 Å². The highest BCUT2D eigenvalue weighted by Gasteiger charge is 2.25. The molecular weight excluding hydrogens is 348 g/mol. The first kappa shape index (κ1) is 17.6. The molecule has 3 heterocycles. The van der Waals surface area contributed by atoms with Crippen LogP contribution in [0.2, 0.25) is 0 Å². The Balaban J connectivity index is 1.50. The van der Waals surface area contributed by atoms with Gasteiger partial charge in [-0.25, -0.2) is 14.8 Å². The molecule has 1 aromatic heterocycles. The lowest BCUT2D eigenvalue weighted by Crippen LogP contribution is -2.49. The predicted molar refractivity (Wildman–Crippen MR) is 101 cm³/mol. The Morgan fingerprint density at radius 3 is 2.52 bits per heavy atom. The van der Waals surface area contributed by atoms with Gasteiger partial charge < -0.3 is 24.0 Å². The number of amides is 1. The lowest BCUT2D eigenvalue weighted by molar-refractivity contribution is 0.0901. The van der Waals surface area contributed by atoms with Crippen molar-refractivity contribution in [3.05, 3.63) is 18.5 Å². The summed E-state index contributed by atoms with van der Waals surface area (Å²) < 4.78 is 16.7. The van der Waals surface area contributed by atoms with Crippen molar-refractivity contribution in [2.24, 2.45) is 5.92 Å². The van der Waals surface area contributed by atoms with Crippen LogP contribution in [0.4, 0.5) is 10.6 Å². The van der Waals surface area contributed by atoms with Crippen molar-refractivity contribution in [1.82, 2.24) is 14.9 Å². The first-order valence-corrected chi connectivity index (χ1v) is 9.33. The summed E-state index contributed by atoms with van der Waals surface area (Å²) in [6.45, 7) is 8.18. The number of anilines is 1. The van der Waals surface area contributed by atoms with Gasteiger partial charge in [0.1, 0.15) is 25.4 Å². The fraction of sp³-hybridized carbons (Fsp3) is 0.526. The number of ether oxygens (including phenoxy) is 3. The summed E-state index contributed by atoms with van der Waals surface area (Å²) in [5.74, 6) is 2.63. The van der Waals surface area contributed by atoms with Gasteiger partial charge in [-0.2, -0.15) is 0 Å². The van der Waals surface area contributed by atoms with Gasteiger partial charge in [0.15, 0.2) is 11.5 Å². The number of aromatic nitrogens is 2. The molecule has 0 unspecified atom stereocenters. The molecule has 0 radical (unpaired) electrons. The highest BCUT2D eigenvalue weighted by molar-refractivity contribution is 5.92. The quantitative estimate of drug-likeness (QED) is 0.818. The molecule has 8 heteroatoms. The van der Waals surface area contributed by atoms with Gasteiger partial charge in [-0.15, -0.1) is 0 Å². The molecule has 2 aromatic rings. The molecule has 0 atom stereocenters. The summed E-state index contributed by atoms with van der Waals surface area (Å²) >= 11 is 0. The van der Waals surface area contributed by atoms with E-state index < -0.39 is 0 Å². The molecule has 0 saturated carbocycles. The average Bonchev–Trinajstić information content (AvgIpc) is 2.70. The molecule has 0 N–H and O–H groups in total. The molecule has 1 saturated heterocycles. The number of hydrogen-bond donors (Lipinski definition) is 0. The van der Waals surface area contributed by atoms with Gasteiger partial charge in [0.05, 0.1) is 12.1 Å². The fourth-order valence-electron chi connectivity index (χ4n) is 3.26. The van der Waals surface area contributed by atoms with Crippen LogP contribution in [0.1, 0.15) is 13.8 Å². The average molecular weight is 372 g/mol. The van der Waals surface area contributed by atoms with E-state index in [4.69, 9.17) is 14.2 Å². The predicted octanol–water partition coefficient (Wildman–Crippen LogP) is 2.32. The number of carbonyl (C=O) groups is 1. The number of nitrogens with zero attached hydrogens (tertiary/aromatic N) is 4. The number of rotatable bonds is 3. The summed E-state index contributed by atoms with van der Waals surface area (Å²) in [5, 5.41) is 0.928. The molecule has 144 valence electrons. The topological polar surface area (TPSA) is 77.0 Å². The van der Waals surface area contributed by atoms with Crippen molar-refractivity contribution in [3.8, 4) is 11.5 Å². The zero-order valence-electron chi connectivity index (χ0n) is 15.7. The van der Waals surface area contributed by atoms with Crippen LogP contribution in [0.3, 0.4) is 0 Å². The van der Waals surface area contributed by atoms with E-state index >= 15 is 0 Å². The van der Waals surface area contributed by atoms with Crippen molar-refractivity contribution in [1.29, 1.82) is 0 Å². The number of carbonyl (C=O) groups excluding carboxylic acids is 1. The Hall–Kier alpha value is -2.77. The van der Waals surface area contributed by atoms with Gasteiger partial charge in [0.2, 0.25) is 0 Å². The van der Waals surface area contributed by atoms with Crippen LogP contribution in [0.15, 0.2) is 18.5 Å². The van der Waals surface area contributed by atoms with Crippen LogP contribution in [0.25, 0.3) is 10.9 Å². The molecule has 0 bridgehead atoms. The van der Waals surface area contributed by atoms with E-state index in [1.165, 1.54) is 0 Å². The Kier molecular flexibility index (Phi) is 4.87. The van der Waals surface area contributed by atoms with Crippen LogP contribution in [0, 0.1) is 5.92 Å². The zero-order valence-corrected chi connectivity index (χ0v) is 15.7. The minimum atomic E-state index is -0.240. The Bertz CT molecular complexity index is 834. The maximum atomic E-state index is 12.1. The summed E-state index contributed by atoms with van der Waals surface area (Å²) in [6.07, 6.45) is 1.33. The van der Waals surface area contributed by atoms with Crippen molar-refractivity contribution < 1.29 is 19.0 Å². The zero-order chi connectivity index (χ0) is 18.8. The Labute approximate surface area is 158 Å². The van der Waals surface area contributed by atoms with E-state index in [9.17, 15) is 4.79 Å². The van der Waals surface area contributed by atoms with Crippen LogP contribution < -0.4 is 14.4 Å². The van der Waals surface area contributed by atoms with E-state index in [0.29, 0.717) is 51.9 Å². The number of benzene rings is 1. The molecule has 0 aliphatic carbocycles. The van der Waals surface area contributed by atoms with Crippen LogP contribution in [0.5, 0.6) is 11.5 Å². The molecule has 2 aliphatic heterocycles. The Morgan fingerprint density at radius 1 is 1.11 bits per heavy atom. The maximum Gasteiger partial charge on any atom is 0.409 e. The number of piperazine rings is 1. The van der Waals surface area contributed by atoms with Crippen LogP contribution in [-0.4, -0.2) is 67.0 Å². The van der Waals surface area contributed by atoms with Gasteiger partial charge in [-0.1, -0.05) is 13.8 Å². The second kappa shape index (κ2) is 7.46. The molecule has 1 fully saturated rings. The second-order valence-electron chi connectivity index (χ2n) is 7.16. The van der Waals surface area contributed by atoms with E-state index in [1.807, 2.05) is 26.0 Å². The second-order valence-corrected chi connectivity index (χ2v) is 7.16. The fourth-order valence-corrected chi connectivity index (χ4v) is 3.26. The SMILES string of the molecule is CC(C)COC(=O)N1CCN(c2ncnc3cc4c(cc23)OCCO4)CC1. The number of fused-ring (bicyclic) bond motifs is 2. The first-order chi connectivity index (χ1) is 13.1. The van der Waals surface area contributed by atoms with E-state index in [1.54, 1.807) is 11.2 Å². The van der Waals surface area contributed by atoms with Crippen molar-refractivity contribution in [3.63, 3.8) is 0 Å². The Morgan fingerprint density at radius 2 is 1.81 bits per heavy atom. The molecule has 1 aromatic carbocycles. The molecule has 1 amide bonds. The lowest BCUT2D eigenvalue weighted by Gasteiger charge is -2.35. The highest BCUT2D eigenvalue weighted by Crippen LogP contribution is 2.36. The molecule has 27 heavy (non-hydrogen) atoms. The van der Waals surface area contributed by atoms with E-state index in [-0.39, 0.29) is 6.09 Å². The standard InChI is InChI=1S/C19H24N4O4/c1-13(2)11-27-19(24)23-5-3-22(4-6-23)18-14-9-16-17(26-8-7-25-16)10-15(14)20-12-21-18/h9-10,12-13H,3-8,11H2,1-2H3. The van der Waals surface area contributed by atoms with Crippen LogP contribution >= 0.6 is 0 Å². The normalized spacial score (nSPS) is 16.7. The third kappa shape index (κ3) is 3.70. The lowest BCUT2D eigenvalue weighted by atomic mass is 10.2. The third-order valence-corrected chi connectivity index (χ3v) is 4.66. The maximum absolute atomic E-state index is 12.1. The molecular formula is C19H24N4O4. The summed E-state index contributed by atoms with van der Waals surface area (Å²) in [6, 6.07) is 3.84. The van der Waals surface area contributed by atoms with Crippen molar-refractivity contribution in [2.45, 2.75) is 13.8 Å². The van der Waals surface area contributed by atoms with E-state index in [0.717, 1.165) is 28.2 Å². The highest BCUT2D eigenvalue weighted by atomic mass is 16.6. The first-order valence-electron chi connectivity index (χ1n) is 9.33. The third-order valence-electron chi connectivity index (χ3n) is 4.66. The van der Waals surface area contributed by atoms with Gasteiger partial charge in [0.25, 0.3) is 0 Å². The van der Waals surface area contributed by atoms with Crippen molar-refractivity contribution in [2.75, 3.05) is 50.9 Å². The number of hydrogen-bond acceptors (Lipinski definition) is 7. The minimum absolute atomic E-state index is 0.240. The largest absolute Gasteiger partial charge is 0.486 e. The summed E-state index contributed by atoms with van der Waals surface area (Å²) in [4.78, 5) is 24.9. The molecule has 2 aliphatic rings. The van der Waals surface area contributed by atoms with Gasteiger partial charge >= 0.3 is 6.09 Å². The monoisotopic (exact) mass is 372 g/mol. The van der Waals surface area contributed by atoms with Gasteiger partial charge in [-0.05, 0) is 12.0 Å². The van der Waals surface area contributed by atoms with E-state index in [2.05, 4.69) is 14.9 Å². The summed E-state index contributed by atoms with van der Waals surface area (Å²) in [7, 11) is 0. The molecule has 0 spiro atoms. The smallest absolute Gasteiger partial charge is 0.409 e. The molecule has 4 rings (SSSR count). The minimum Gasteiger partial charge on any atom is -0.486 e. The molecule has 8 nitrogen and oxygen atoms in total. The van der Waals surface area contributed by atoms with Crippen molar-refractivity contribution >= 4 is 22.8 Å². The van der Waals surface area contributed by atoms with Crippen LogP contribution in [-0.2, 0) is 4.74 Å².